The molecule has 2 aromatic heterocycles. The van der Waals surface area contributed by atoms with Crippen LogP contribution in [0.15, 0.2) is 21.0 Å². The highest BCUT2D eigenvalue weighted by atomic mass is 32.2. The second-order valence-corrected chi connectivity index (χ2v) is 4.10. The Balaban J connectivity index is 2.33. The summed E-state index contributed by atoms with van der Waals surface area (Å²) < 4.78 is 0. The molecular weight excluding hydrogens is 228 g/mol. The standard InChI is InChI=1S/C8H10N6OS/c1-3-11-6(10)7(12-3)16-8-13-4(9)2-5(15)14-8/h2H,10H2,1H3,(H,11,12)(H3,9,13,14,15). The van der Waals surface area contributed by atoms with Crippen LogP contribution in [0, 0.1) is 6.92 Å². The Morgan fingerprint density at radius 3 is 2.62 bits per heavy atom. The van der Waals surface area contributed by atoms with Crippen LogP contribution in [-0.4, -0.2) is 19.9 Å². The summed E-state index contributed by atoms with van der Waals surface area (Å²) in [5.41, 5.74) is 10.8. The fraction of sp³-hybridized carbons (Fsp3) is 0.125. The summed E-state index contributed by atoms with van der Waals surface area (Å²) in [5, 5.41) is 0.925. The highest BCUT2D eigenvalue weighted by Crippen LogP contribution is 2.27. The van der Waals surface area contributed by atoms with Gasteiger partial charge in [0.05, 0.1) is 0 Å². The lowest BCUT2D eigenvalue weighted by molar-refractivity contribution is 0.941. The molecule has 16 heavy (non-hydrogen) atoms. The van der Waals surface area contributed by atoms with Crippen molar-refractivity contribution >= 4 is 23.4 Å². The van der Waals surface area contributed by atoms with Gasteiger partial charge in [-0.05, 0) is 18.7 Å². The Bertz CT molecular complexity index is 574. The van der Waals surface area contributed by atoms with Gasteiger partial charge < -0.3 is 21.4 Å². The third-order valence-electron chi connectivity index (χ3n) is 1.75. The van der Waals surface area contributed by atoms with Gasteiger partial charge in [0.2, 0.25) is 0 Å². The summed E-state index contributed by atoms with van der Waals surface area (Å²) in [6, 6.07) is 1.21. The van der Waals surface area contributed by atoms with Gasteiger partial charge in [-0.25, -0.2) is 9.97 Å². The maximum absolute atomic E-state index is 11.1. The molecule has 0 amide bonds. The molecule has 84 valence electrons. The topological polar surface area (TPSA) is 126 Å². The van der Waals surface area contributed by atoms with Gasteiger partial charge in [0.15, 0.2) is 5.16 Å². The minimum Gasteiger partial charge on any atom is -0.383 e. The lowest BCUT2D eigenvalue weighted by atomic mass is 10.6. The van der Waals surface area contributed by atoms with Crippen LogP contribution in [0.3, 0.4) is 0 Å². The maximum atomic E-state index is 11.1. The molecule has 0 atom stereocenters. The van der Waals surface area contributed by atoms with Gasteiger partial charge in [0.1, 0.15) is 22.5 Å². The Labute approximate surface area is 94.7 Å². The van der Waals surface area contributed by atoms with Crippen molar-refractivity contribution in [3.05, 3.63) is 22.2 Å². The summed E-state index contributed by atoms with van der Waals surface area (Å²) in [6.45, 7) is 1.79. The highest BCUT2D eigenvalue weighted by Gasteiger charge is 2.09. The molecule has 2 aromatic rings. The number of hydrogen-bond donors (Lipinski definition) is 4. The largest absolute Gasteiger partial charge is 0.383 e. The van der Waals surface area contributed by atoms with Gasteiger partial charge in [0.25, 0.3) is 5.56 Å². The first-order chi connectivity index (χ1) is 7.54. The number of nitrogens with zero attached hydrogens (tertiary/aromatic N) is 2. The summed E-state index contributed by atoms with van der Waals surface area (Å²) in [6.07, 6.45) is 0. The minimum absolute atomic E-state index is 0.164. The Morgan fingerprint density at radius 2 is 2.06 bits per heavy atom. The van der Waals surface area contributed by atoms with Crippen molar-refractivity contribution in [3.8, 4) is 0 Å². The molecule has 8 heteroatoms. The van der Waals surface area contributed by atoms with E-state index in [-0.39, 0.29) is 11.4 Å². The van der Waals surface area contributed by atoms with E-state index in [9.17, 15) is 4.79 Å². The van der Waals surface area contributed by atoms with Crippen molar-refractivity contribution < 1.29 is 0 Å². The summed E-state index contributed by atoms with van der Waals surface area (Å²) in [7, 11) is 0. The molecule has 6 N–H and O–H groups in total. The van der Waals surface area contributed by atoms with Gasteiger partial charge in [-0.3, -0.25) is 4.79 Å². The van der Waals surface area contributed by atoms with E-state index in [1.165, 1.54) is 6.07 Å². The molecule has 0 aliphatic carbocycles. The van der Waals surface area contributed by atoms with Crippen molar-refractivity contribution in [2.75, 3.05) is 11.5 Å². The number of nitrogens with one attached hydrogen (secondary N) is 2. The zero-order valence-electron chi connectivity index (χ0n) is 8.44. The second kappa shape index (κ2) is 3.89. The van der Waals surface area contributed by atoms with E-state index in [1.54, 1.807) is 6.92 Å². The van der Waals surface area contributed by atoms with Crippen LogP contribution in [0.1, 0.15) is 5.82 Å². The third-order valence-corrected chi connectivity index (χ3v) is 2.64. The van der Waals surface area contributed by atoms with E-state index < -0.39 is 0 Å². The fourth-order valence-electron chi connectivity index (χ4n) is 1.16. The number of anilines is 2. The first kappa shape index (κ1) is 10.6. The fourth-order valence-corrected chi connectivity index (χ4v) is 1.99. The molecule has 7 nitrogen and oxygen atoms in total. The minimum atomic E-state index is -0.305. The Morgan fingerprint density at radius 1 is 1.31 bits per heavy atom. The van der Waals surface area contributed by atoms with Crippen molar-refractivity contribution in [2.24, 2.45) is 0 Å². The molecule has 0 radical (unpaired) electrons. The summed E-state index contributed by atoms with van der Waals surface area (Å²) in [5.74, 6) is 1.30. The van der Waals surface area contributed by atoms with Gasteiger partial charge >= 0.3 is 0 Å². The monoisotopic (exact) mass is 238 g/mol. The Kier molecular flexibility index (Phi) is 2.57. The van der Waals surface area contributed by atoms with E-state index in [1.807, 2.05) is 0 Å². The van der Waals surface area contributed by atoms with Crippen LogP contribution in [0.5, 0.6) is 0 Å². The number of H-pyrrole nitrogens is 2. The predicted octanol–water partition coefficient (Wildman–Crippen LogP) is 0.117. The smallest absolute Gasteiger partial charge is 0.253 e. The number of rotatable bonds is 2. The molecule has 0 aliphatic heterocycles. The number of aromatic amines is 2. The molecule has 0 fully saturated rings. The van der Waals surface area contributed by atoms with Gasteiger partial charge in [-0.15, -0.1) is 0 Å². The highest BCUT2D eigenvalue weighted by molar-refractivity contribution is 7.99. The molecule has 0 bridgehead atoms. The number of hydrogen-bond acceptors (Lipinski definition) is 6. The van der Waals surface area contributed by atoms with Crippen LogP contribution >= 0.6 is 11.8 Å². The molecule has 0 aromatic carbocycles. The normalized spacial score (nSPS) is 10.6. The molecule has 0 saturated carbocycles. The van der Waals surface area contributed by atoms with Crippen LogP contribution in [0.4, 0.5) is 11.6 Å². The zero-order valence-corrected chi connectivity index (χ0v) is 9.26. The van der Waals surface area contributed by atoms with Crippen LogP contribution < -0.4 is 17.0 Å². The number of imidazole rings is 1. The molecule has 0 aliphatic rings. The lowest BCUT2D eigenvalue weighted by Crippen LogP contribution is -2.09. The van der Waals surface area contributed by atoms with Crippen molar-refractivity contribution in [3.63, 3.8) is 0 Å². The van der Waals surface area contributed by atoms with Crippen molar-refractivity contribution in [2.45, 2.75) is 17.1 Å². The molecule has 2 rings (SSSR count). The third kappa shape index (κ3) is 2.16. The van der Waals surface area contributed by atoms with E-state index in [2.05, 4.69) is 19.9 Å². The Hall–Kier alpha value is -1.96. The van der Waals surface area contributed by atoms with Gasteiger partial charge in [-0.1, -0.05) is 0 Å². The van der Waals surface area contributed by atoms with Crippen LogP contribution in [-0.2, 0) is 0 Å². The number of aromatic nitrogens is 4. The average Bonchev–Trinajstić information content (AvgIpc) is 2.43. The number of aryl methyl sites for hydroxylation is 1. The molecule has 0 saturated heterocycles. The summed E-state index contributed by atoms with van der Waals surface area (Å²) in [4.78, 5) is 24.6. The first-order valence-corrected chi connectivity index (χ1v) is 5.23. The van der Waals surface area contributed by atoms with Gasteiger partial charge in [-0.2, -0.15) is 0 Å². The van der Waals surface area contributed by atoms with Gasteiger partial charge in [0, 0.05) is 6.07 Å². The van der Waals surface area contributed by atoms with E-state index in [0.29, 0.717) is 21.8 Å². The summed E-state index contributed by atoms with van der Waals surface area (Å²) >= 11 is 1.15. The molecule has 2 heterocycles. The zero-order chi connectivity index (χ0) is 11.7. The van der Waals surface area contributed by atoms with Crippen molar-refractivity contribution in [1.29, 1.82) is 0 Å². The maximum Gasteiger partial charge on any atom is 0.253 e. The quantitative estimate of drug-likeness (QED) is 0.550. The van der Waals surface area contributed by atoms with Crippen LogP contribution in [0.25, 0.3) is 0 Å². The van der Waals surface area contributed by atoms with Crippen LogP contribution in [0.2, 0.25) is 0 Å². The molecular formula is C8H10N6OS. The number of nitrogens with two attached hydrogens (primary N) is 2. The van der Waals surface area contributed by atoms with Crippen molar-refractivity contribution in [1.82, 2.24) is 19.9 Å². The molecule has 0 spiro atoms. The van der Waals surface area contributed by atoms with E-state index in [4.69, 9.17) is 11.5 Å². The second-order valence-electron chi connectivity index (χ2n) is 3.12. The van der Waals surface area contributed by atoms with E-state index >= 15 is 0 Å². The molecule has 0 unspecified atom stereocenters. The first-order valence-electron chi connectivity index (χ1n) is 4.41. The lowest BCUT2D eigenvalue weighted by Gasteiger charge is -1.98. The predicted molar refractivity (Wildman–Crippen MR) is 61.1 cm³/mol. The van der Waals surface area contributed by atoms with E-state index in [0.717, 1.165) is 11.8 Å². The average molecular weight is 238 g/mol. The number of nitrogen functional groups attached to an aromatic ring is 2. The SMILES string of the molecule is Cc1nc(Sc2nc(N)cc(=O)[nH]2)c(N)[nH]1.